The first-order valence-electron chi connectivity index (χ1n) is 10.8. The van der Waals surface area contributed by atoms with Crippen LogP contribution in [0.5, 0.6) is 0 Å². The van der Waals surface area contributed by atoms with Gasteiger partial charge in [0.25, 0.3) is 5.91 Å². The third-order valence-electron chi connectivity index (χ3n) is 4.96. The van der Waals surface area contributed by atoms with Crippen molar-refractivity contribution in [3.05, 3.63) is 36.2 Å². The third kappa shape index (κ3) is 8.15. The number of anilines is 1. The van der Waals surface area contributed by atoms with Crippen LogP contribution in [0.25, 0.3) is 11.5 Å². The van der Waals surface area contributed by atoms with E-state index < -0.39 is 0 Å². The Morgan fingerprint density at radius 3 is 2.11 bits per heavy atom. The number of nitrogens with one attached hydrogen (secondary N) is 1. The third-order valence-corrected chi connectivity index (χ3v) is 4.96. The maximum atomic E-state index is 12.2. The molecule has 1 aromatic carbocycles. The fourth-order valence-corrected chi connectivity index (χ4v) is 3.22. The van der Waals surface area contributed by atoms with Crippen LogP contribution in [-0.4, -0.2) is 17.4 Å². The Bertz CT molecular complexity index is 679. The minimum atomic E-state index is -0.183. The predicted molar refractivity (Wildman–Crippen MR) is 115 cm³/mol. The highest BCUT2D eigenvalue weighted by Gasteiger charge is 2.12. The summed E-state index contributed by atoms with van der Waals surface area (Å²) < 4.78 is 5.41. The maximum Gasteiger partial charge on any atom is 0.273 e. The first kappa shape index (κ1) is 22.0. The number of hydrogen-bond acceptors (Lipinski definition) is 4. The monoisotopic (exact) mass is 385 g/mol. The summed E-state index contributed by atoms with van der Waals surface area (Å²) in [6.45, 7) is 2.94. The fraction of sp³-hybridized carbons (Fsp3) is 0.565. The van der Waals surface area contributed by atoms with Crippen molar-refractivity contribution >= 4 is 11.6 Å². The summed E-state index contributed by atoms with van der Waals surface area (Å²) in [4.78, 5) is 16.4. The summed E-state index contributed by atoms with van der Waals surface area (Å²) in [5, 5.41) is 2.92. The molecule has 0 aliphatic heterocycles. The lowest BCUT2D eigenvalue weighted by Crippen LogP contribution is -2.24. The number of rotatable bonds is 14. The van der Waals surface area contributed by atoms with Crippen LogP contribution in [0, 0.1) is 0 Å². The lowest BCUT2D eigenvalue weighted by atomic mass is 10.1. The van der Waals surface area contributed by atoms with Gasteiger partial charge in [0.05, 0.1) is 0 Å². The van der Waals surface area contributed by atoms with E-state index in [1.807, 2.05) is 12.1 Å². The van der Waals surface area contributed by atoms with E-state index in [0.717, 1.165) is 18.4 Å². The Morgan fingerprint density at radius 1 is 0.929 bits per heavy atom. The molecule has 2 aromatic rings. The lowest BCUT2D eigenvalue weighted by molar-refractivity contribution is 0.0948. The first-order chi connectivity index (χ1) is 13.7. The van der Waals surface area contributed by atoms with Gasteiger partial charge in [-0.2, -0.15) is 0 Å². The van der Waals surface area contributed by atoms with Crippen LogP contribution in [0.1, 0.15) is 88.0 Å². The van der Waals surface area contributed by atoms with Crippen molar-refractivity contribution in [1.82, 2.24) is 10.3 Å². The van der Waals surface area contributed by atoms with Gasteiger partial charge in [-0.15, -0.1) is 0 Å². The van der Waals surface area contributed by atoms with Crippen LogP contribution in [0.15, 0.2) is 34.9 Å². The first-order valence-corrected chi connectivity index (χ1v) is 10.8. The second-order valence-electron chi connectivity index (χ2n) is 7.45. The molecule has 0 saturated heterocycles. The highest BCUT2D eigenvalue weighted by molar-refractivity contribution is 5.92. The number of nitrogen functional groups attached to an aromatic ring is 1. The molecule has 0 saturated carbocycles. The average molecular weight is 386 g/mol. The van der Waals surface area contributed by atoms with E-state index in [2.05, 4.69) is 17.2 Å². The molecule has 1 aromatic heterocycles. The second kappa shape index (κ2) is 13.0. The van der Waals surface area contributed by atoms with Gasteiger partial charge < -0.3 is 15.5 Å². The van der Waals surface area contributed by atoms with Gasteiger partial charge >= 0.3 is 0 Å². The summed E-state index contributed by atoms with van der Waals surface area (Å²) >= 11 is 0. The molecular formula is C23H35N3O2. The van der Waals surface area contributed by atoms with Crippen molar-refractivity contribution in [3.8, 4) is 11.5 Å². The molecule has 0 aliphatic carbocycles. The summed E-state index contributed by atoms with van der Waals surface area (Å²) in [7, 11) is 0. The molecule has 3 N–H and O–H groups in total. The number of nitrogens with two attached hydrogens (primary N) is 1. The van der Waals surface area contributed by atoms with E-state index in [9.17, 15) is 4.79 Å². The zero-order valence-corrected chi connectivity index (χ0v) is 17.2. The number of aromatic nitrogens is 1. The number of carbonyl (C=O) groups is 1. The molecule has 0 bridgehead atoms. The molecule has 154 valence electrons. The highest BCUT2D eigenvalue weighted by Crippen LogP contribution is 2.19. The maximum absolute atomic E-state index is 12.2. The Labute approximate surface area is 169 Å². The smallest absolute Gasteiger partial charge is 0.273 e. The molecule has 5 nitrogen and oxygen atoms in total. The van der Waals surface area contributed by atoms with Gasteiger partial charge in [0.1, 0.15) is 6.26 Å². The van der Waals surface area contributed by atoms with Crippen molar-refractivity contribution in [3.63, 3.8) is 0 Å². The molecule has 0 unspecified atom stereocenters. The summed E-state index contributed by atoms with van der Waals surface area (Å²) in [5.41, 5.74) is 7.48. The van der Waals surface area contributed by atoms with Gasteiger partial charge in [0, 0.05) is 17.8 Å². The molecule has 0 aliphatic rings. The number of carbonyl (C=O) groups excluding carboxylic acids is 1. The van der Waals surface area contributed by atoms with Crippen molar-refractivity contribution in [2.45, 2.75) is 77.6 Å². The molecule has 2 rings (SSSR count). The number of oxazole rings is 1. The topological polar surface area (TPSA) is 81.2 Å². The molecule has 1 amide bonds. The Hall–Kier alpha value is -2.30. The molecule has 28 heavy (non-hydrogen) atoms. The van der Waals surface area contributed by atoms with E-state index >= 15 is 0 Å². The van der Waals surface area contributed by atoms with Crippen LogP contribution in [-0.2, 0) is 0 Å². The summed E-state index contributed by atoms with van der Waals surface area (Å²) in [5.74, 6) is 0.248. The highest BCUT2D eigenvalue weighted by atomic mass is 16.3. The van der Waals surface area contributed by atoms with E-state index in [1.54, 1.807) is 12.1 Å². The lowest BCUT2D eigenvalue weighted by Gasteiger charge is -2.04. The van der Waals surface area contributed by atoms with E-state index in [0.29, 0.717) is 23.8 Å². The van der Waals surface area contributed by atoms with Gasteiger partial charge in [-0.05, 0) is 30.7 Å². The second-order valence-corrected chi connectivity index (χ2v) is 7.45. The number of benzene rings is 1. The zero-order chi connectivity index (χ0) is 20.0. The van der Waals surface area contributed by atoms with Crippen LogP contribution < -0.4 is 11.1 Å². The Kier molecular flexibility index (Phi) is 10.2. The predicted octanol–water partition coefficient (Wildman–Crippen LogP) is 5.96. The average Bonchev–Trinajstić information content (AvgIpc) is 3.19. The van der Waals surface area contributed by atoms with Crippen molar-refractivity contribution in [1.29, 1.82) is 0 Å². The fourth-order valence-electron chi connectivity index (χ4n) is 3.22. The van der Waals surface area contributed by atoms with Crippen LogP contribution in [0.4, 0.5) is 5.69 Å². The van der Waals surface area contributed by atoms with Gasteiger partial charge in [-0.3, -0.25) is 4.79 Å². The number of unbranched alkanes of at least 4 members (excludes halogenated alkanes) is 10. The van der Waals surface area contributed by atoms with Crippen LogP contribution in [0.3, 0.4) is 0 Å². The number of nitrogens with zero attached hydrogens (tertiary/aromatic N) is 1. The zero-order valence-electron chi connectivity index (χ0n) is 17.2. The minimum Gasteiger partial charge on any atom is -0.444 e. The van der Waals surface area contributed by atoms with E-state index in [-0.39, 0.29) is 5.91 Å². The number of amides is 1. The molecule has 1 heterocycles. The molecule has 0 spiro atoms. The van der Waals surface area contributed by atoms with Crippen molar-refractivity contribution in [2.24, 2.45) is 0 Å². The standard InChI is InChI=1S/C23H35N3O2/c1-2-3-4-5-6-7-8-9-10-11-12-17-25-22(27)21-18-28-23(26-21)19-13-15-20(24)16-14-19/h13-16,18H,2-12,17,24H2,1H3,(H,25,27). The molecular weight excluding hydrogens is 350 g/mol. The van der Waals surface area contributed by atoms with Gasteiger partial charge in [0.2, 0.25) is 5.89 Å². The Balaban J connectivity index is 1.53. The van der Waals surface area contributed by atoms with E-state index in [4.69, 9.17) is 10.2 Å². The minimum absolute atomic E-state index is 0.183. The SMILES string of the molecule is CCCCCCCCCCCCCNC(=O)c1coc(-c2ccc(N)cc2)n1. The largest absolute Gasteiger partial charge is 0.444 e. The summed E-state index contributed by atoms with van der Waals surface area (Å²) in [6.07, 6.45) is 15.7. The van der Waals surface area contributed by atoms with Crippen LogP contribution in [0.2, 0.25) is 0 Å². The molecule has 5 heteroatoms. The Morgan fingerprint density at radius 2 is 1.50 bits per heavy atom. The summed E-state index contributed by atoms with van der Waals surface area (Å²) in [6, 6.07) is 7.22. The van der Waals surface area contributed by atoms with Crippen molar-refractivity contribution in [2.75, 3.05) is 12.3 Å². The molecule has 0 fully saturated rings. The van der Waals surface area contributed by atoms with Gasteiger partial charge in [-0.25, -0.2) is 4.98 Å². The molecule has 0 radical (unpaired) electrons. The van der Waals surface area contributed by atoms with Crippen molar-refractivity contribution < 1.29 is 9.21 Å². The number of hydrogen-bond donors (Lipinski definition) is 2. The van der Waals surface area contributed by atoms with Gasteiger partial charge in [-0.1, -0.05) is 71.1 Å². The molecule has 0 atom stereocenters. The normalized spacial score (nSPS) is 10.9. The van der Waals surface area contributed by atoms with Gasteiger partial charge in [0.15, 0.2) is 5.69 Å². The van der Waals surface area contributed by atoms with Crippen LogP contribution >= 0.6 is 0 Å². The quantitative estimate of drug-likeness (QED) is 0.310. The van der Waals surface area contributed by atoms with E-state index in [1.165, 1.54) is 64.1 Å².